The molecule has 0 fully saturated rings. The Kier molecular flexibility index (Phi) is 3.32. The maximum atomic E-state index is 12.6. The zero-order valence-electron chi connectivity index (χ0n) is 11.6. The topological polar surface area (TPSA) is 59.5 Å². The molecule has 2 N–H and O–H groups in total. The smallest absolute Gasteiger partial charge is 0.293 e. The number of carbonyl (C=O) groups excluding carboxylic acids is 1. The Balaban J connectivity index is 1.98. The lowest BCUT2D eigenvalue weighted by molar-refractivity contribution is 0.0956. The summed E-state index contributed by atoms with van der Waals surface area (Å²) in [4.78, 5) is 14.5. The molecule has 2 aromatic rings. The summed E-state index contributed by atoms with van der Waals surface area (Å²) >= 11 is 0. The second-order valence-corrected chi connectivity index (χ2v) is 5.11. The number of hydrogen-bond donors (Lipinski definition) is 1. The Labute approximate surface area is 118 Å². The molecule has 1 amide bonds. The molecule has 0 saturated heterocycles. The van der Waals surface area contributed by atoms with Crippen LogP contribution in [0.1, 0.15) is 33.9 Å². The first kappa shape index (κ1) is 12.9. The molecule has 1 aromatic heterocycles. The van der Waals surface area contributed by atoms with Gasteiger partial charge in [0.2, 0.25) is 0 Å². The molecule has 1 aromatic carbocycles. The van der Waals surface area contributed by atoms with Crippen LogP contribution in [0.25, 0.3) is 0 Å². The van der Waals surface area contributed by atoms with Crippen molar-refractivity contribution < 1.29 is 9.21 Å². The fourth-order valence-electron chi connectivity index (χ4n) is 2.79. The van der Waals surface area contributed by atoms with Crippen LogP contribution in [0.5, 0.6) is 0 Å². The number of carbonyl (C=O) groups is 1. The molecule has 2 heterocycles. The van der Waals surface area contributed by atoms with E-state index >= 15 is 0 Å². The quantitative estimate of drug-likeness (QED) is 0.912. The number of hydrogen-bond acceptors (Lipinski definition) is 3. The van der Waals surface area contributed by atoms with Gasteiger partial charge in [-0.3, -0.25) is 4.79 Å². The number of nitrogens with zero attached hydrogens (tertiary/aromatic N) is 1. The van der Waals surface area contributed by atoms with Gasteiger partial charge in [-0.1, -0.05) is 18.2 Å². The standard InChI is InChI=1S/C16H18N2O2/c1-11-4-2-5-12-6-3-9-18(15(11)12)16(19)14-8-7-13(10-17)20-14/h2,4-5,7-8H,3,6,9-10,17H2,1H3. The Hall–Kier alpha value is -2.07. The van der Waals surface area contributed by atoms with Crippen LogP contribution in [0.2, 0.25) is 0 Å². The molecule has 20 heavy (non-hydrogen) atoms. The van der Waals surface area contributed by atoms with Gasteiger partial charge in [-0.15, -0.1) is 0 Å². The highest BCUT2D eigenvalue weighted by atomic mass is 16.4. The third kappa shape index (κ3) is 2.12. The van der Waals surface area contributed by atoms with E-state index < -0.39 is 0 Å². The molecule has 4 heteroatoms. The lowest BCUT2D eigenvalue weighted by atomic mass is 9.98. The van der Waals surface area contributed by atoms with Crippen LogP contribution in [0.15, 0.2) is 34.7 Å². The van der Waals surface area contributed by atoms with E-state index in [1.165, 1.54) is 5.56 Å². The average molecular weight is 270 g/mol. The largest absolute Gasteiger partial charge is 0.455 e. The van der Waals surface area contributed by atoms with E-state index in [-0.39, 0.29) is 5.91 Å². The second-order valence-electron chi connectivity index (χ2n) is 5.11. The molecular weight excluding hydrogens is 252 g/mol. The van der Waals surface area contributed by atoms with Gasteiger partial charge < -0.3 is 15.1 Å². The van der Waals surface area contributed by atoms with Gasteiger partial charge in [0.05, 0.1) is 12.2 Å². The highest BCUT2D eigenvalue weighted by Gasteiger charge is 2.26. The van der Waals surface area contributed by atoms with Crippen molar-refractivity contribution in [1.82, 2.24) is 0 Å². The number of para-hydroxylation sites is 1. The van der Waals surface area contributed by atoms with E-state index in [2.05, 4.69) is 6.07 Å². The molecule has 1 aliphatic rings. The first-order chi connectivity index (χ1) is 9.70. The zero-order valence-corrected chi connectivity index (χ0v) is 11.6. The molecule has 0 bridgehead atoms. The van der Waals surface area contributed by atoms with Crippen LogP contribution >= 0.6 is 0 Å². The average Bonchev–Trinajstić information content (AvgIpc) is 2.95. The number of anilines is 1. The Morgan fingerprint density at radius 2 is 2.20 bits per heavy atom. The first-order valence-electron chi connectivity index (χ1n) is 6.90. The molecule has 0 unspecified atom stereocenters. The molecular formula is C16H18N2O2. The van der Waals surface area contributed by atoms with Gasteiger partial charge in [0.1, 0.15) is 5.76 Å². The first-order valence-corrected chi connectivity index (χ1v) is 6.90. The zero-order chi connectivity index (χ0) is 14.1. The van der Waals surface area contributed by atoms with Crippen molar-refractivity contribution in [2.45, 2.75) is 26.3 Å². The summed E-state index contributed by atoms with van der Waals surface area (Å²) in [6.07, 6.45) is 2.00. The molecule has 4 nitrogen and oxygen atoms in total. The van der Waals surface area contributed by atoms with Gasteiger partial charge in [0.25, 0.3) is 5.91 Å². The number of benzene rings is 1. The third-order valence-electron chi connectivity index (χ3n) is 3.74. The van der Waals surface area contributed by atoms with Crippen molar-refractivity contribution in [2.24, 2.45) is 5.73 Å². The van der Waals surface area contributed by atoms with Gasteiger partial charge in [0, 0.05) is 6.54 Å². The Morgan fingerprint density at radius 1 is 1.35 bits per heavy atom. The molecule has 0 aliphatic carbocycles. The number of aryl methyl sites for hydroxylation is 2. The van der Waals surface area contributed by atoms with E-state index in [0.29, 0.717) is 18.1 Å². The molecule has 0 radical (unpaired) electrons. The summed E-state index contributed by atoms with van der Waals surface area (Å²) in [6, 6.07) is 9.64. The molecule has 3 rings (SSSR count). The van der Waals surface area contributed by atoms with Crippen molar-refractivity contribution in [3.63, 3.8) is 0 Å². The van der Waals surface area contributed by atoms with Crippen LogP contribution in [-0.2, 0) is 13.0 Å². The van der Waals surface area contributed by atoms with E-state index in [9.17, 15) is 4.79 Å². The maximum Gasteiger partial charge on any atom is 0.293 e. The van der Waals surface area contributed by atoms with Gasteiger partial charge in [0.15, 0.2) is 5.76 Å². The summed E-state index contributed by atoms with van der Waals surface area (Å²) in [5.74, 6) is 0.914. The summed E-state index contributed by atoms with van der Waals surface area (Å²) in [5.41, 5.74) is 8.92. The van der Waals surface area contributed by atoms with Crippen molar-refractivity contribution in [2.75, 3.05) is 11.4 Å². The molecule has 104 valence electrons. The second kappa shape index (κ2) is 5.13. The lowest BCUT2D eigenvalue weighted by Crippen LogP contribution is -2.35. The summed E-state index contributed by atoms with van der Waals surface area (Å²) < 4.78 is 5.49. The number of rotatable bonds is 2. The minimum atomic E-state index is -0.0834. The van der Waals surface area contributed by atoms with Crippen LogP contribution < -0.4 is 10.6 Å². The van der Waals surface area contributed by atoms with Crippen molar-refractivity contribution >= 4 is 11.6 Å². The Bertz CT molecular complexity index is 646. The fourth-order valence-corrected chi connectivity index (χ4v) is 2.79. The summed E-state index contributed by atoms with van der Waals surface area (Å²) in [6.45, 7) is 3.08. The minimum Gasteiger partial charge on any atom is -0.455 e. The van der Waals surface area contributed by atoms with E-state index in [0.717, 1.165) is 30.6 Å². The Morgan fingerprint density at radius 3 is 2.95 bits per heavy atom. The van der Waals surface area contributed by atoms with Crippen LogP contribution in [0.4, 0.5) is 5.69 Å². The lowest BCUT2D eigenvalue weighted by Gasteiger charge is -2.30. The SMILES string of the molecule is Cc1cccc2c1N(C(=O)c1ccc(CN)o1)CCC2. The number of furan rings is 1. The minimum absolute atomic E-state index is 0.0834. The van der Waals surface area contributed by atoms with Crippen molar-refractivity contribution in [3.8, 4) is 0 Å². The third-order valence-corrected chi connectivity index (χ3v) is 3.74. The monoisotopic (exact) mass is 270 g/mol. The van der Waals surface area contributed by atoms with E-state index in [4.69, 9.17) is 10.2 Å². The fraction of sp³-hybridized carbons (Fsp3) is 0.312. The molecule has 0 spiro atoms. The van der Waals surface area contributed by atoms with Crippen LogP contribution in [-0.4, -0.2) is 12.5 Å². The molecule has 0 saturated carbocycles. The van der Waals surface area contributed by atoms with Gasteiger partial charge >= 0.3 is 0 Å². The predicted molar refractivity (Wildman–Crippen MR) is 77.8 cm³/mol. The van der Waals surface area contributed by atoms with Gasteiger partial charge in [-0.25, -0.2) is 0 Å². The highest BCUT2D eigenvalue weighted by Crippen LogP contribution is 2.31. The normalized spacial score (nSPS) is 14.2. The predicted octanol–water partition coefficient (Wildman–Crippen LogP) is 2.64. The number of nitrogens with two attached hydrogens (primary N) is 1. The van der Waals surface area contributed by atoms with E-state index in [1.54, 1.807) is 12.1 Å². The highest BCUT2D eigenvalue weighted by molar-refractivity contribution is 6.05. The molecule has 1 aliphatic heterocycles. The van der Waals surface area contributed by atoms with Gasteiger partial charge in [-0.2, -0.15) is 0 Å². The summed E-state index contributed by atoms with van der Waals surface area (Å²) in [7, 11) is 0. The van der Waals surface area contributed by atoms with E-state index in [1.807, 2.05) is 24.0 Å². The van der Waals surface area contributed by atoms with Gasteiger partial charge in [-0.05, 0) is 43.0 Å². The summed E-state index contributed by atoms with van der Waals surface area (Å²) in [5, 5.41) is 0. The molecule has 0 atom stereocenters. The maximum absolute atomic E-state index is 12.6. The van der Waals surface area contributed by atoms with Crippen LogP contribution in [0, 0.1) is 6.92 Å². The van der Waals surface area contributed by atoms with Crippen LogP contribution in [0.3, 0.4) is 0 Å². The number of amides is 1. The number of fused-ring (bicyclic) bond motifs is 1. The van der Waals surface area contributed by atoms with Crippen molar-refractivity contribution in [1.29, 1.82) is 0 Å². The van der Waals surface area contributed by atoms with Crippen molar-refractivity contribution in [3.05, 3.63) is 53.0 Å².